The normalized spacial score (nSPS) is 18.2. The van der Waals surface area contributed by atoms with Crippen LogP contribution in [-0.2, 0) is 19.4 Å². The molecule has 4 heterocycles. The lowest BCUT2D eigenvalue weighted by molar-refractivity contribution is -0.118. The van der Waals surface area contributed by atoms with Crippen molar-refractivity contribution in [1.82, 2.24) is 9.97 Å². The molecule has 2 atom stereocenters. The molecule has 2 aliphatic rings. The van der Waals surface area contributed by atoms with E-state index in [1.54, 1.807) is 42.7 Å². The number of amides is 1. The summed E-state index contributed by atoms with van der Waals surface area (Å²) >= 11 is 2.81. The number of nitrogens with two attached hydrogens (primary N) is 1. The summed E-state index contributed by atoms with van der Waals surface area (Å²) in [4.78, 5) is 23.7. The number of hydrogen-bond donors (Lipinski definition) is 2. The number of carbonyl (C=O) groups excluding carboxylic acids is 1. The smallest absolute Gasteiger partial charge is 0.233 e. The van der Waals surface area contributed by atoms with Crippen molar-refractivity contribution in [3.8, 4) is 0 Å². The maximum absolute atomic E-state index is 13.3. The minimum Gasteiger partial charge on any atom is -0.381 e. The van der Waals surface area contributed by atoms with Gasteiger partial charge in [-0.3, -0.25) is 4.79 Å². The average Bonchev–Trinajstić information content (AvgIpc) is 3.65. The minimum absolute atomic E-state index is 0.141. The second kappa shape index (κ2) is 11.8. The van der Waals surface area contributed by atoms with Gasteiger partial charge in [0.25, 0.3) is 0 Å². The van der Waals surface area contributed by atoms with Crippen LogP contribution in [0.25, 0.3) is 0 Å². The number of anilines is 4. The molecule has 4 aromatic rings. The fourth-order valence-electron chi connectivity index (χ4n) is 4.88. The van der Waals surface area contributed by atoms with Crippen LogP contribution in [0.15, 0.2) is 75.4 Å². The molecule has 0 aliphatic carbocycles. The first-order chi connectivity index (χ1) is 18.8. The molecule has 0 saturated carbocycles. The van der Waals surface area contributed by atoms with E-state index >= 15 is 0 Å². The fourth-order valence-corrected chi connectivity index (χ4v) is 7.49. The van der Waals surface area contributed by atoms with Gasteiger partial charge in [0.05, 0.1) is 27.1 Å². The minimum atomic E-state index is -3.64. The summed E-state index contributed by atoms with van der Waals surface area (Å²) in [5.74, 6) is -0.319. The number of thiazole rings is 2. The highest BCUT2D eigenvalue weighted by Gasteiger charge is 2.34. The largest absolute Gasteiger partial charge is 0.381 e. The van der Waals surface area contributed by atoms with Gasteiger partial charge in [-0.05, 0) is 55.0 Å². The third-order valence-corrected chi connectivity index (χ3v) is 9.95. The van der Waals surface area contributed by atoms with E-state index < -0.39 is 15.8 Å². The molecule has 2 unspecified atom stereocenters. The summed E-state index contributed by atoms with van der Waals surface area (Å²) in [6.45, 7) is 1.39. The molecule has 1 saturated heterocycles. The Kier molecular flexibility index (Phi) is 8.26. The van der Waals surface area contributed by atoms with Gasteiger partial charge >= 0.3 is 0 Å². The zero-order valence-corrected chi connectivity index (χ0v) is 23.8. The Balaban J connectivity index is 0.000000455. The number of para-hydroxylation sites is 1. The first kappa shape index (κ1) is 27.3. The van der Waals surface area contributed by atoms with Crippen LogP contribution >= 0.6 is 22.7 Å². The molecule has 9 nitrogen and oxygen atoms in total. The number of fused-ring (bicyclic) bond motifs is 2. The molecule has 2 aromatic heterocycles. The number of nitrogen functional groups attached to an aromatic ring is 1. The topological polar surface area (TPSA) is 128 Å². The van der Waals surface area contributed by atoms with E-state index in [1.807, 2.05) is 34.8 Å². The predicted molar refractivity (Wildman–Crippen MR) is 155 cm³/mol. The van der Waals surface area contributed by atoms with E-state index in [-0.39, 0.29) is 16.7 Å². The second-order valence-corrected chi connectivity index (χ2v) is 13.0. The monoisotopic (exact) mass is 583 g/mol. The summed E-state index contributed by atoms with van der Waals surface area (Å²) in [7, 11) is -1.78. The molecule has 1 amide bonds. The number of sulfone groups is 1. The highest BCUT2D eigenvalue weighted by Crippen LogP contribution is 2.44. The van der Waals surface area contributed by atoms with Crippen LogP contribution < -0.4 is 16.0 Å². The van der Waals surface area contributed by atoms with Gasteiger partial charge < -0.3 is 20.7 Å². The molecule has 39 heavy (non-hydrogen) atoms. The number of aromatic nitrogens is 2. The molecule has 2 aliphatic heterocycles. The van der Waals surface area contributed by atoms with Crippen molar-refractivity contribution in [3.63, 3.8) is 0 Å². The first-order valence-electron chi connectivity index (χ1n) is 12.5. The Morgan fingerprint density at radius 1 is 1.13 bits per heavy atom. The number of carbonyl (C=O) groups is 1. The highest BCUT2D eigenvalue weighted by molar-refractivity contribution is 7.92. The van der Waals surface area contributed by atoms with Gasteiger partial charge in [-0.15, -0.1) is 22.7 Å². The van der Waals surface area contributed by atoms with Crippen molar-refractivity contribution in [2.45, 2.75) is 35.0 Å². The van der Waals surface area contributed by atoms with Crippen LogP contribution in [0.2, 0.25) is 0 Å². The van der Waals surface area contributed by atoms with Crippen molar-refractivity contribution in [2.75, 3.05) is 36.2 Å². The molecule has 12 heteroatoms. The summed E-state index contributed by atoms with van der Waals surface area (Å²) in [6, 6.07) is 12.2. The number of rotatable bonds is 5. The van der Waals surface area contributed by atoms with Crippen LogP contribution in [0.4, 0.5) is 21.6 Å². The Bertz CT molecular complexity index is 1520. The van der Waals surface area contributed by atoms with Crippen molar-refractivity contribution in [2.24, 2.45) is 5.92 Å². The average molecular weight is 584 g/mol. The Labute approximate surface area is 235 Å². The molecule has 0 bridgehead atoms. The molecule has 6 rings (SSSR count). The maximum Gasteiger partial charge on any atom is 0.233 e. The van der Waals surface area contributed by atoms with Gasteiger partial charge in [0.15, 0.2) is 10.3 Å². The third-order valence-electron chi connectivity index (χ3n) is 6.81. The van der Waals surface area contributed by atoms with Crippen molar-refractivity contribution in [3.05, 3.63) is 71.2 Å². The number of benzene rings is 2. The van der Waals surface area contributed by atoms with Crippen LogP contribution in [-0.4, -0.2) is 44.6 Å². The van der Waals surface area contributed by atoms with E-state index in [1.165, 1.54) is 22.7 Å². The number of nitrogens with one attached hydrogen (secondary N) is 1. The van der Waals surface area contributed by atoms with Gasteiger partial charge in [0, 0.05) is 43.4 Å². The van der Waals surface area contributed by atoms with E-state index in [9.17, 15) is 13.2 Å². The summed E-state index contributed by atoms with van der Waals surface area (Å²) in [5.41, 5.74) is 7.18. The Hall–Kier alpha value is -3.32. The molecular weight excluding hydrogens is 555 g/mol. The van der Waals surface area contributed by atoms with Gasteiger partial charge in [0.2, 0.25) is 15.7 Å². The van der Waals surface area contributed by atoms with E-state index in [2.05, 4.69) is 15.3 Å². The zero-order chi connectivity index (χ0) is 27.4. The molecule has 3 N–H and O–H groups in total. The SMILES string of the molecule is CN1c2ccccc2S(=O)(=O)c2ccc(C(CC3CCCOC3)C(=O)Nc3nccs3)cc21.Nc1nccs1. The van der Waals surface area contributed by atoms with Crippen LogP contribution in [0.5, 0.6) is 0 Å². The van der Waals surface area contributed by atoms with Crippen LogP contribution in [0.1, 0.15) is 30.7 Å². The van der Waals surface area contributed by atoms with Gasteiger partial charge in [-0.2, -0.15) is 0 Å². The van der Waals surface area contributed by atoms with Gasteiger partial charge in [-0.1, -0.05) is 18.2 Å². The molecule has 2 aromatic carbocycles. The van der Waals surface area contributed by atoms with E-state index in [0.717, 1.165) is 25.0 Å². The highest BCUT2D eigenvalue weighted by atomic mass is 32.2. The van der Waals surface area contributed by atoms with Crippen LogP contribution in [0, 0.1) is 5.92 Å². The summed E-state index contributed by atoms with van der Waals surface area (Å²) in [6.07, 6.45) is 5.95. The standard InChI is InChI=1S/C24H25N3O4S2.C3H4N2S/c1-27-19-6-2-3-7-21(19)33(29,30)22-9-8-17(14-20(22)27)18(13-16-5-4-11-31-15-16)23(28)26-24-25-10-12-32-24;4-3-5-1-2-6-3/h2-3,6-10,12,14,16,18H,4-5,11,13,15H2,1H3,(H,25,26,28);1-2H,(H2,4,5). The van der Waals surface area contributed by atoms with Crippen molar-refractivity contribution < 1.29 is 17.9 Å². The maximum atomic E-state index is 13.3. The lowest BCUT2D eigenvalue weighted by atomic mass is 9.85. The molecule has 0 radical (unpaired) electrons. The van der Waals surface area contributed by atoms with E-state index in [0.29, 0.717) is 39.6 Å². The van der Waals surface area contributed by atoms with Gasteiger partial charge in [-0.25, -0.2) is 18.4 Å². The van der Waals surface area contributed by atoms with E-state index in [4.69, 9.17) is 10.5 Å². The third kappa shape index (κ3) is 5.98. The number of hydrogen-bond acceptors (Lipinski definition) is 10. The summed E-state index contributed by atoms with van der Waals surface area (Å²) < 4.78 is 32.2. The number of nitrogens with zero attached hydrogens (tertiary/aromatic N) is 3. The molecule has 0 spiro atoms. The van der Waals surface area contributed by atoms with Crippen LogP contribution in [0.3, 0.4) is 0 Å². The zero-order valence-electron chi connectivity index (χ0n) is 21.3. The Morgan fingerprint density at radius 3 is 2.56 bits per heavy atom. The number of ether oxygens (including phenoxy) is 1. The molecular formula is C27H29N5O4S3. The van der Waals surface area contributed by atoms with Crippen molar-refractivity contribution >= 4 is 60.1 Å². The second-order valence-electron chi connectivity index (χ2n) is 9.33. The first-order valence-corrected chi connectivity index (χ1v) is 15.7. The molecule has 204 valence electrons. The van der Waals surface area contributed by atoms with Gasteiger partial charge in [0.1, 0.15) is 0 Å². The van der Waals surface area contributed by atoms with Crippen molar-refractivity contribution in [1.29, 1.82) is 0 Å². The Morgan fingerprint density at radius 2 is 1.90 bits per heavy atom. The quantitative estimate of drug-likeness (QED) is 0.323. The predicted octanol–water partition coefficient (Wildman–Crippen LogP) is 5.32. The fraction of sp³-hybridized carbons (Fsp3) is 0.296. The lowest BCUT2D eigenvalue weighted by Crippen LogP contribution is -2.27. The lowest BCUT2D eigenvalue weighted by Gasteiger charge is -2.31. The summed E-state index contributed by atoms with van der Waals surface area (Å²) in [5, 5.41) is 7.77. The molecule has 1 fully saturated rings.